The molecular weight excluding hydrogens is 368 g/mol. The first kappa shape index (κ1) is 20.9. The summed E-state index contributed by atoms with van der Waals surface area (Å²) in [5.41, 5.74) is 4.53. The van der Waals surface area contributed by atoms with Crippen LogP contribution in [-0.4, -0.2) is 37.0 Å². The highest BCUT2D eigenvalue weighted by Gasteiger charge is 2.32. The Balaban J connectivity index is 1.19. The summed E-state index contributed by atoms with van der Waals surface area (Å²) in [6.45, 7) is 8.30. The average molecular weight is 403 g/mol. The lowest BCUT2D eigenvalue weighted by Gasteiger charge is -2.32. The fourth-order valence-corrected chi connectivity index (χ4v) is 4.92. The van der Waals surface area contributed by atoms with E-state index in [1.54, 1.807) is 0 Å². The van der Waals surface area contributed by atoms with Crippen LogP contribution in [0.5, 0.6) is 0 Å². The van der Waals surface area contributed by atoms with Gasteiger partial charge in [-0.2, -0.15) is 0 Å². The maximum atomic E-state index is 12.8. The molecule has 2 aromatic carbocycles. The van der Waals surface area contributed by atoms with Crippen molar-refractivity contribution in [3.8, 4) is 0 Å². The van der Waals surface area contributed by atoms with E-state index in [-0.39, 0.29) is 11.3 Å². The zero-order valence-corrected chi connectivity index (χ0v) is 18.4. The van der Waals surface area contributed by atoms with Crippen LogP contribution in [0.25, 0.3) is 5.57 Å². The normalized spacial score (nSPS) is 18.7. The Morgan fingerprint density at radius 1 is 1.03 bits per heavy atom. The van der Waals surface area contributed by atoms with Gasteiger partial charge in [-0.3, -0.25) is 4.79 Å². The molecule has 158 valence electrons. The molecule has 1 N–H and O–H groups in total. The number of fused-ring (bicyclic) bond motifs is 1. The molecule has 0 aromatic heterocycles. The van der Waals surface area contributed by atoms with Crippen molar-refractivity contribution in [1.29, 1.82) is 0 Å². The number of nitrogens with zero attached hydrogens (tertiary/aromatic N) is 1. The van der Waals surface area contributed by atoms with Crippen molar-refractivity contribution in [2.24, 2.45) is 5.92 Å². The lowest BCUT2D eigenvalue weighted by molar-refractivity contribution is -0.115. The number of piperidine rings is 1. The van der Waals surface area contributed by atoms with E-state index in [2.05, 4.69) is 78.7 Å². The second-order valence-electron chi connectivity index (χ2n) is 9.39. The first-order valence-electron chi connectivity index (χ1n) is 11.4. The number of aryl methyl sites for hydroxylation is 1. The average Bonchev–Trinajstić information content (AvgIpc) is 3.05. The molecular formula is C27H34N2O. The predicted molar refractivity (Wildman–Crippen MR) is 124 cm³/mol. The number of hydrogen-bond donors (Lipinski definition) is 1. The first-order valence-corrected chi connectivity index (χ1v) is 11.4. The van der Waals surface area contributed by atoms with Gasteiger partial charge in [-0.1, -0.05) is 74.5 Å². The molecule has 1 heterocycles. The summed E-state index contributed by atoms with van der Waals surface area (Å²) in [5, 5.41) is 3.16. The van der Waals surface area contributed by atoms with Gasteiger partial charge in [0.25, 0.3) is 5.91 Å². The standard InChI is InChI=1S/C27H34N2O/c1-27(2)20-24(23-10-6-7-11-25(23)27)26(30)28-16-19-29-17-14-22(15-18-29)13-12-21-8-4-3-5-9-21/h3-11,20,22H,12-19H2,1-2H3,(H,28,30). The quantitative estimate of drug-likeness (QED) is 0.720. The van der Waals surface area contributed by atoms with Gasteiger partial charge in [0.1, 0.15) is 0 Å². The predicted octanol–water partition coefficient (Wildman–Crippen LogP) is 4.82. The van der Waals surface area contributed by atoms with Crippen LogP contribution in [0.15, 0.2) is 60.7 Å². The Bertz CT molecular complexity index is 892. The maximum Gasteiger partial charge on any atom is 0.251 e. The Morgan fingerprint density at radius 2 is 1.73 bits per heavy atom. The van der Waals surface area contributed by atoms with E-state index >= 15 is 0 Å². The summed E-state index contributed by atoms with van der Waals surface area (Å²) in [5.74, 6) is 0.893. The molecule has 1 aliphatic heterocycles. The largest absolute Gasteiger partial charge is 0.351 e. The molecule has 2 aromatic rings. The molecule has 0 saturated carbocycles. The molecule has 2 aliphatic rings. The minimum Gasteiger partial charge on any atom is -0.351 e. The smallest absolute Gasteiger partial charge is 0.251 e. The number of nitrogens with one attached hydrogen (secondary N) is 1. The molecule has 1 aliphatic carbocycles. The fraction of sp³-hybridized carbons (Fsp3) is 0.444. The van der Waals surface area contributed by atoms with Gasteiger partial charge in [0.05, 0.1) is 0 Å². The van der Waals surface area contributed by atoms with Crippen LogP contribution in [-0.2, 0) is 16.6 Å². The maximum absolute atomic E-state index is 12.8. The van der Waals surface area contributed by atoms with E-state index in [9.17, 15) is 4.79 Å². The molecule has 1 amide bonds. The lowest BCUT2D eigenvalue weighted by atomic mass is 9.87. The number of likely N-dealkylation sites (tertiary alicyclic amines) is 1. The van der Waals surface area contributed by atoms with Crippen LogP contribution in [0.2, 0.25) is 0 Å². The topological polar surface area (TPSA) is 32.3 Å². The zero-order valence-electron chi connectivity index (χ0n) is 18.4. The summed E-state index contributed by atoms with van der Waals surface area (Å²) in [6, 6.07) is 19.1. The summed E-state index contributed by atoms with van der Waals surface area (Å²) < 4.78 is 0. The highest BCUT2D eigenvalue weighted by molar-refractivity contribution is 6.21. The van der Waals surface area contributed by atoms with Crippen molar-refractivity contribution >= 4 is 11.5 Å². The summed E-state index contributed by atoms with van der Waals surface area (Å²) >= 11 is 0. The highest BCUT2D eigenvalue weighted by atomic mass is 16.1. The van der Waals surface area contributed by atoms with Gasteiger partial charge in [0, 0.05) is 24.1 Å². The molecule has 3 heteroatoms. The van der Waals surface area contributed by atoms with Crippen LogP contribution >= 0.6 is 0 Å². The monoisotopic (exact) mass is 402 g/mol. The van der Waals surface area contributed by atoms with E-state index in [0.717, 1.165) is 36.7 Å². The third-order valence-corrected chi connectivity index (χ3v) is 6.77. The number of carbonyl (C=O) groups is 1. The van der Waals surface area contributed by atoms with Crippen LogP contribution in [0, 0.1) is 5.92 Å². The Kier molecular flexibility index (Phi) is 6.38. The minimum atomic E-state index is -0.0785. The molecule has 4 rings (SSSR count). The van der Waals surface area contributed by atoms with E-state index in [4.69, 9.17) is 0 Å². The van der Waals surface area contributed by atoms with Gasteiger partial charge in [0.15, 0.2) is 0 Å². The summed E-state index contributed by atoms with van der Waals surface area (Å²) in [6.07, 6.45) is 7.14. The third kappa shape index (κ3) is 4.84. The second kappa shape index (κ2) is 9.18. The van der Waals surface area contributed by atoms with Gasteiger partial charge < -0.3 is 10.2 Å². The third-order valence-electron chi connectivity index (χ3n) is 6.77. The SMILES string of the molecule is CC1(C)C=C(C(=O)NCCN2CCC(CCc3ccccc3)CC2)c2ccccc21. The van der Waals surface area contributed by atoms with E-state index in [1.807, 2.05) is 6.07 Å². The number of benzene rings is 2. The van der Waals surface area contributed by atoms with Gasteiger partial charge in [-0.15, -0.1) is 0 Å². The highest BCUT2D eigenvalue weighted by Crippen LogP contribution is 2.40. The molecule has 0 spiro atoms. The number of amides is 1. The van der Waals surface area contributed by atoms with Gasteiger partial charge in [0.2, 0.25) is 0 Å². The zero-order chi connectivity index (χ0) is 21.0. The fourth-order valence-electron chi connectivity index (χ4n) is 4.92. The van der Waals surface area contributed by atoms with E-state index < -0.39 is 0 Å². The van der Waals surface area contributed by atoms with E-state index in [1.165, 1.54) is 36.8 Å². The van der Waals surface area contributed by atoms with Crippen LogP contribution in [0.3, 0.4) is 0 Å². The minimum absolute atomic E-state index is 0.0609. The number of allylic oxidation sites excluding steroid dienone is 1. The molecule has 0 radical (unpaired) electrons. The van der Waals surface area contributed by atoms with Crippen LogP contribution in [0.1, 0.15) is 49.8 Å². The molecule has 1 saturated heterocycles. The molecule has 0 bridgehead atoms. The first-order chi connectivity index (χ1) is 14.5. The lowest BCUT2D eigenvalue weighted by Crippen LogP contribution is -2.39. The van der Waals surface area contributed by atoms with Crippen molar-refractivity contribution in [2.75, 3.05) is 26.2 Å². The van der Waals surface area contributed by atoms with Crippen LogP contribution < -0.4 is 5.32 Å². The summed E-state index contributed by atoms with van der Waals surface area (Å²) in [4.78, 5) is 15.3. The van der Waals surface area contributed by atoms with Crippen molar-refractivity contribution < 1.29 is 4.79 Å². The Morgan fingerprint density at radius 3 is 2.50 bits per heavy atom. The van der Waals surface area contributed by atoms with Crippen LogP contribution in [0.4, 0.5) is 0 Å². The van der Waals surface area contributed by atoms with Crippen molar-refractivity contribution in [3.63, 3.8) is 0 Å². The number of rotatable bonds is 7. The van der Waals surface area contributed by atoms with Crippen molar-refractivity contribution in [1.82, 2.24) is 10.2 Å². The molecule has 3 nitrogen and oxygen atoms in total. The molecule has 30 heavy (non-hydrogen) atoms. The number of carbonyl (C=O) groups excluding carboxylic acids is 1. The van der Waals surface area contributed by atoms with Gasteiger partial charge >= 0.3 is 0 Å². The molecule has 0 unspecified atom stereocenters. The Labute approximate surface area is 181 Å². The van der Waals surface area contributed by atoms with Gasteiger partial charge in [-0.25, -0.2) is 0 Å². The summed E-state index contributed by atoms with van der Waals surface area (Å²) in [7, 11) is 0. The Hall–Kier alpha value is -2.39. The van der Waals surface area contributed by atoms with Crippen molar-refractivity contribution in [2.45, 2.75) is 44.9 Å². The second-order valence-corrected chi connectivity index (χ2v) is 9.39. The van der Waals surface area contributed by atoms with E-state index in [0.29, 0.717) is 6.54 Å². The molecule has 1 fully saturated rings. The molecule has 0 atom stereocenters. The van der Waals surface area contributed by atoms with Crippen molar-refractivity contribution in [3.05, 3.63) is 77.4 Å². The number of hydrogen-bond acceptors (Lipinski definition) is 2. The van der Waals surface area contributed by atoms with Gasteiger partial charge in [-0.05, 0) is 61.4 Å².